The zero-order valence-electron chi connectivity index (χ0n) is 16.3. The van der Waals surface area contributed by atoms with E-state index in [-0.39, 0.29) is 18.2 Å². The topological polar surface area (TPSA) is 109 Å². The molecule has 0 aliphatic heterocycles. The maximum absolute atomic E-state index is 11.4. The molecule has 29 heavy (non-hydrogen) atoms. The quantitative estimate of drug-likeness (QED) is 0.555. The predicted octanol–water partition coefficient (Wildman–Crippen LogP) is 2.55. The minimum Gasteiger partial charge on any atom is -0.491 e. The summed E-state index contributed by atoms with van der Waals surface area (Å²) in [5.74, 6) is 0.197. The van der Waals surface area contributed by atoms with Gasteiger partial charge in [-0.15, -0.1) is 0 Å². The number of ether oxygens (including phenoxy) is 3. The van der Waals surface area contributed by atoms with Crippen molar-refractivity contribution in [1.29, 1.82) is 0 Å². The monoisotopic (exact) mass is 394 g/mol. The molecule has 2 N–H and O–H groups in total. The van der Waals surface area contributed by atoms with Crippen LogP contribution in [0, 0.1) is 6.92 Å². The van der Waals surface area contributed by atoms with Gasteiger partial charge in [-0.3, -0.25) is 9.78 Å². The number of aryl methyl sites for hydroxylation is 1. The van der Waals surface area contributed by atoms with Gasteiger partial charge in [0, 0.05) is 31.3 Å². The maximum Gasteiger partial charge on any atom is 0.272 e. The highest BCUT2D eigenvalue weighted by Crippen LogP contribution is 2.26. The third-order valence-corrected chi connectivity index (χ3v) is 4.14. The molecule has 1 aromatic carbocycles. The number of primary amides is 1. The third-order valence-electron chi connectivity index (χ3n) is 4.14. The second-order valence-electron chi connectivity index (χ2n) is 6.22. The zero-order valence-corrected chi connectivity index (χ0v) is 16.3. The highest BCUT2D eigenvalue weighted by Gasteiger charge is 2.12. The highest BCUT2D eigenvalue weighted by atomic mass is 16.5. The Morgan fingerprint density at radius 1 is 1.03 bits per heavy atom. The van der Waals surface area contributed by atoms with Crippen molar-refractivity contribution in [1.82, 2.24) is 15.0 Å². The van der Waals surface area contributed by atoms with E-state index < -0.39 is 5.91 Å². The summed E-state index contributed by atoms with van der Waals surface area (Å²) in [4.78, 5) is 23.7. The number of carbonyl (C=O) groups excluding carboxylic acids is 1. The molecule has 0 saturated carbocycles. The van der Waals surface area contributed by atoms with E-state index in [1.165, 1.54) is 12.4 Å². The van der Waals surface area contributed by atoms with Crippen LogP contribution in [0.4, 0.5) is 0 Å². The summed E-state index contributed by atoms with van der Waals surface area (Å²) in [6.45, 7) is 3.22. The zero-order chi connectivity index (χ0) is 20.6. The van der Waals surface area contributed by atoms with Crippen LogP contribution < -0.4 is 15.2 Å². The van der Waals surface area contributed by atoms with Crippen molar-refractivity contribution >= 4 is 5.91 Å². The molecule has 3 aromatic rings. The molecule has 8 nitrogen and oxygen atoms in total. The van der Waals surface area contributed by atoms with Gasteiger partial charge in [0.25, 0.3) is 5.91 Å². The van der Waals surface area contributed by atoms with Crippen LogP contribution in [0.3, 0.4) is 0 Å². The summed E-state index contributed by atoms with van der Waals surface area (Å²) in [6.07, 6.45) is 4.60. The molecule has 2 aromatic heterocycles. The van der Waals surface area contributed by atoms with Gasteiger partial charge in [-0.1, -0.05) is 12.1 Å². The maximum atomic E-state index is 11.4. The van der Waals surface area contributed by atoms with Gasteiger partial charge in [0.05, 0.1) is 12.3 Å². The van der Waals surface area contributed by atoms with Crippen LogP contribution in [0.5, 0.6) is 11.6 Å². The molecule has 0 aliphatic rings. The normalized spacial score (nSPS) is 10.6. The fourth-order valence-corrected chi connectivity index (χ4v) is 2.70. The summed E-state index contributed by atoms with van der Waals surface area (Å²) in [5.41, 5.74) is 9.08. The lowest BCUT2D eigenvalue weighted by molar-refractivity contribution is 0.0989. The molecular formula is C21H22N4O4. The molecule has 0 saturated heterocycles. The van der Waals surface area contributed by atoms with Gasteiger partial charge >= 0.3 is 0 Å². The van der Waals surface area contributed by atoms with Crippen LogP contribution in [-0.4, -0.2) is 41.2 Å². The Kier molecular flexibility index (Phi) is 6.70. The predicted molar refractivity (Wildman–Crippen MR) is 107 cm³/mol. The summed E-state index contributed by atoms with van der Waals surface area (Å²) < 4.78 is 16.2. The molecule has 0 fully saturated rings. The van der Waals surface area contributed by atoms with Crippen molar-refractivity contribution in [3.63, 3.8) is 0 Å². The van der Waals surface area contributed by atoms with E-state index in [2.05, 4.69) is 15.0 Å². The van der Waals surface area contributed by atoms with Gasteiger partial charge in [-0.2, -0.15) is 0 Å². The van der Waals surface area contributed by atoms with Crippen molar-refractivity contribution in [3.05, 3.63) is 65.9 Å². The number of nitrogens with zero attached hydrogens (tertiary/aromatic N) is 3. The number of hydrogen-bond acceptors (Lipinski definition) is 7. The number of pyridine rings is 1. The van der Waals surface area contributed by atoms with Gasteiger partial charge in [-0.05, 0) is 36.2 Å². The van der Waals surface area contributed by atoms with Crippen molar-refractivity contribution < 1.29 is 19.0 Å². The molecule has 1 amide bonds. The lowest BCUT2D eigenvalue weighted by Crippen LogP contribution is -2.16. The SMILES string of the molecule is COCCOc1ccc(-c2ccc(COc3nccnc3C(N)=O)nc2)c(C)c1. The molecule has 3 rings (SSSR count). The average molecular weight is 394 g/mol. The third kappa shape index (κ3) is 5.26. The summed E-state index contributed by atoms with van der Waals surface area (Å²) in [5, 5.41) is 0. The minimum atomic E-state index is -0.693. The lowest BCUT2D eigenvalue weighted by Gasteiger charge is -2.11. The van der Waals surface area contributed by atoms with Crippen LogP contribution >= 0.6 is 0 Å². The average Bonchev–Trinajstić information content (AvgIpc) is 2.73. The first-order valence-electron chi connectivity index (χ1n) is 9.00. The molecule has 0 spiro atoms. The van der Waals surface area contributed by atoms with Crippen molar-refractivity contribution in [2.24, 2.45) is 5.73 Å². The number of amides is 1. The fourth-order valence-electron chi connectivity index (χ4n) is 2.70. The van der Waals surface area contributed by atoms with E-state index in [1.54, 1.807) is 13.3 Å². The molecule has 0 unspecified atom stereocenters. The number of benzene rings is 1. The number of nitrogens with two attached hydrogens (primary N) is 1. The van der Waals surface area contributed by atoms with Crippen molar-refractivity contribution in [3.8, 4) is 22.8 Å². The second kappa shape index (κ2) is 9.61. The highest BCUT2D eigenvalue weighted by molar-refractivity contribution is 5.92. The van der Waals surface area contributed by atoms with E-state index in [0.29, 0.717) is 18.9 Å². The van der Waals surface area contributed by atoms with Gasteiger partial charge in [0.1, 0.15) is 19.0 Å². The molecule has 8 heteroatoms. The van der Waals surface area contributed by atoms with E-state index in [1.807, 2.05) is 37.3 Å². The van der Waals surface area contributed by atoms with E-state index >= 15 is 0 Å². The van der Waals surface area contributed by atoms with Gasteiger partial charge in [0.15, 0.2) is 5.69 Å². The molecular weight excluding hydrogens is 372 g/mol. The Balaban J connectivity index is 1.67. The van der Waals surface area contributed by atoms with Gasteiger partial charge < -0.3 is 19.9 Å². The van der Waals surface area contributed by atoms with Crippen LogP contribution in [0.25, 0.3) is 11.1 Å². The Labute approximate surface area is 168 Å². The van der Waals surface area contributed by atoms with E-state index in [0.717, 1.165) is 22.4 Å². The van der Waals surface area contributed by atoms with Crippen LogP contribution in [0.15, 0.2) is 48.9 Å². The van der Waals surface area contributed by atoms with Crippen LogP contribution in [0.1, 0.15) is 21.7 Å². The first kappa shape index (κ1) is 20.2. The molecule has 150 valence electrons. The standard InChI is InChI=1S/C21H22N4O4/c1-14-11-17(28-10-9-27-2)5-6-18(14)15-3-4-16(25-12-15)13-29-21-19(20(22)26)23-7-8-24-21/h3-8,11-12H,9-10,13H2,1-2H3,(H2,22,26). The van der Waals surface area contributed by atoms with Crippen LogP contribution in [0.2, 0.25) is 0 Å². The van der Waals surface area contributed by atoms with Crippen LogP contribution in [-0.2, 0) is 11.3 Å². The molecule has 0 aliphatic carbocycles. The van der Waals surface area contributed by atoms with Crippen molar-refractivity contribution in [2.45, 2.75) is 13.5 Å². The second-order valence-corrected chi connectivity index (χ2v) is 6.22. The Morgan fingerprint density at radius 2 is 1.86 bits per heavy atom. The fraction of sp³-hybridized carbons (Fsp3) is 0.238. The van der Waals surface area contributed by atoms with Gasteiger partial charge in [-0.25, -0.2) is 9.97 Å². The minimum absolute atomic E-state index is 0.00690. The summed E-state index contributed by atoms with van der Waals surface area (Å²) >= 11 is 0. The van der Waals surface area contributed by atoms with E-state index in [9.17, 15) is 4.79 Å². The Bertz CT molecular complexity index is 977. The Hall–Kier alpha value is -3.52. The number of carbonyl (C=O) groups is 1. The largest absolute Gasteiger partial charge is 0.491 e. The first-order chi connectivity index (χ1) is 14.1. The number of methoxy groups -OCH3 is 1. The summed E-state index contributed by atoms with van der Waals surface area (Å²) in [6, 6.07) is 9.74. The Morgan fingerprint density at radius 3 is 2.55 bits per heavy atom. The first-order valence-corrected chi connectivity index (χ1v) is 9.00. The summed E-state index contributed by atoms with van der Waals surface area (Å²) in [7, 11) is 1.64. The number of rotatable bonds is 9. The van der Waals surface area contributed by atoms with Crippen molar-refractivity contribution in [2.75, 3.05) is 20.3 Å². The number of aromatic nitrogens is 3. The van der Waals surface area contributed by atoms with E-state index in [4.69, 9.17) is 19.9 Å². The lowest BCUT2D eigenvalue weighted by atomic mass is 10.0. The molecule has 0 bridgehead atoms. The van der Waals surface area contributed by atoms with Gasteiger partial charge in [0.2, 0.25) is 5.88 Å². The number of hydrogen-bond donors (Lipinski definition) is 1. The smallest absolute Gasteiger partial charge is 0.272 e. The molecule has 2 heterocycles. The molecule has 0 radical (unpaired) electrons. The molecule has 0 atom stereocenters.